The third kappa shape index (κ3) is 8.06. The summed E-state index contributed by atoms with van der Waals surface area (Å²) < 4.78 is 30.8. The fourth-order valence-corrected chi connectivity index (χ4v) is 7.81. The normalized spacial score (nSPS) is 44.0. The van der Waals surface area contributed by atoms with Gasteiger partial charge in [0.2, 0.25) is 0 Å². The lowest BCUT2D eigenvalue weighted by atomic mass is 9.76. The zero-order valence-electron chi connectivity index (χ0n) is 29.8. The van der Waals surface area contributed by atoms with E-state index in [9.17, 15) is 24.6 Å². The number of cyclic esters (lactones) is 1. The first-order valence-corrected chi connectivity index (χ1v) is 17.1. The molecule has 3 aliphatic rings. The van der Waals surface area contributed by atoms with Crippen molar-refractivity contribution >= 4 is 17.8 Å². The van der Waals surface area contributed by atoms with Gasteiger partial charge in [0.05, 0.1) is 30.0 Å². The lowest BCUT2D eigenvalue weighted by molar-refractivity contribution is -0.306. The second kappa shape index (κ2) is 15.6. The summed E-state index contributed by atoms with van der Waals surface area (Å²) >= 11 is 0. The molecule has 0 aromatic heterocycles. The maximum Gasteiger partial charge on any atom is 0.408 e. The van der Waals surface area contributed by atoms with E-state index >= 15 is 0 Å². The number of aliphatic hydroxyl groups is 2. The van der Waals surface area contributed by atoms with Crippen molar-refractivity contribution in [1.82, 2.24) is 10.2 Å². The molecule has 46 heavy (non-hydrogen) atoms. The van der Waals surface area contributed by atoms with E-state index in [1.807, 2.05) is 39.8 Å². The first-order chi connectivity index (χ1) is 21.4. The second-order valence-electron chi connectivity index (χ2n) is 14.7. The number of alkyl carbamates (subject to hydrolysis) is 1. The molecule has 0 radical (unpaired) electrons. The molecule has 0 aromatic carbocycles. The SMILES string of the molecule is CCC(O)C1CC(N(C)C)C(O)[C@H](O[C@@H]2[C@@H](C)C(=O)C(C)C(=O)O[C@H](CC)[C@@]3(C)OC(=O)N[C@@H]3[C@@H](C)CC[C@H](C)C[C@@]2(C)OC)O1. The van der Waals surface area contributed by atoms with Crippen LogP contribution in [0.15, 0.2) is 0 Å². The highest BCUT2D eigenvalue weighted by atomic mass is 16.7. The summed E-state index contributed by atoms with van der Waals surface area (Å²) in [4.78, 5) is 42.1. The number of ketones is 1. The topological polar surface area (TPSA) is 153 Å². The fourth-order valence-electron chi connectivity index (χ4n) is 7.81. The molecule has 12 nitrogen and oxygen atoms in total. The molecule has 3 N–H and O–H groups in total. The van der Waals surface area contributed by atoms with Crippen LogP contribution >= 0.6 is 0 Å². The Hall–Kier alpha value is -1.83. The number of likely N-dealkylation sites (N-methyl/N-ethyl adjacent to an activating group) is 1. The maximum absolute atomic E-state index is 14.1. The Morgan fingerprint density at radius 3 is 2.30 bits per heavy atom. The largest absolute Gasteiger partial charge is 0.458 e. The number of esters is 1. The molecule has 1 amide bonds. The molecular formula is C34H60N2O10. The van der Waals surface area contributed by atoms with Gasteiger partial charge in [-0.3, -0.25) is 9.59 Å². The summed E-state index contributed by atoms with van der Waals surface area (Å²) in [7, 11) is 5.28. The molecule has 5 unspecified atom stereocenters. The summed E-state index contributed by atoms with van der Waals surface area (Å²) in [6, 6.07) is -0.762. The Balaban J connectivity index is 2.04. The molecule has 0 saturated carbocycles. The summed E-state index contributed by atoms with van der Waals surface area (Å²) in [6.45, 7) is 14.8. The van der Waals surface area contributed by atoms with E-state index in [4.69, 9.17) is 23.7 Å². The van der Waals surface area contributed by atoms with E-state index in [0.717, 1.165) is 12.8 Å². The number of nitrogens with one attached hydrogen (secondary N) is 1. The first-order valence-electron chi connectivity index (χ1n) is 17.1. The molecule has 0 aromatic rings. The number of carbonyl (C=O) groups is 3. The highest BCUT2D eigenvalue weighted by molar-refractivity contribution is 6.00. The minimum absolute atomic E-state index is 0.00807. The van der Waals surface area contributed by atoms with Crippen molar-refractivity contribution in [1.29, 1.82) is 0 Å². The van der Waals surface area contributed by atoms with Crippen molar-refractivity contribution in [3.05, 3.63) is 0 Å². The molecule has 0 bridgehead atoms. The predicted octanol–water partition coefficient (Wildman–Crippen LogP) is 3.44. The molecule has 14 atom stereocenters. The molecular weight excluding hydrogens is 596 g/mol. The number of methoxy groups -OCH3 is 1. The van der Waals surface area contributed by atoms with Gasteiger partial charge in [0.25, 0.3) is 0 Å². The number of aliphatic hydroxyl groups excluding tert-OH is 2. The van der Waals surface area contributed by atoms with E-state index in [-0.39, 0.29) is 17.9 Å². The van der Waals surface area contributed by atoms with Crippen molar-refractivity contribution < 1.29 is 48.3 Å². The van der Waals surface area contributed by atoms with Gasteiger partial charge in [-0.15, -0.1) is 0 Å². The Kier molecular flexibility index (Phi) is 13.1. The lowest BCUT2D eigenvalue weighted by Gasteiger charge is -2.47. The minimum atomic E-state index is -1.16. The summed E-state index contributed by atoms with van der Waals surface area (Å²) in [6.07, 6.45) is -2.55. The van der Waals surface area contributed by atoms with Gasteiger partial charge < -0.3 is 44.1 Å². The number of nitrogens with zero attached hydrogens (tertiary/aromatic N) is 1. The average Bonchev–Trinajstić information content (AvgIpc) is 3.33. The number of rotatable bonds is 7. The Labute approximate surface area is 275 Å². The summed E-state index contributed by atoms with van der Waals surface area (Å²) in [5.74, 6) is -3.06. The number of fused-ring (bicyclic) bond motifs is 1. The number of hydrogen-bond donors (Lipinski definition) is 3. The number of amides is 1. The van der Waals surface area contributed by atoms with Crippen molar-refractivity contribution in [2.24, 2.45) is 23.7 Å². The molecule has 3 fully saturated rings. The molecule has 12 heteroatoms. The molecule has 3 aliphatic heterocycles. The van der Waals surface area contributed by atoms with Gasteiger partial charge in [0.1, 0.15) is 18.1 Å². The van der Waals surface area contributed by atoms with Crippen molar-refractivity contribution in [3.63, 3.8) is 0 Å². The molecule has 3 rings (SSSR count). The number of ether oxygens (including phenoxy) is 5. The number of hydrogen-bond acceptors (Lipinski definition) is 11. The number of Topliss-reactive ketones (excluding diaryl/α,β-unsaturated/α-hetero) is 1. The van der Waals surface area contributed by atoms with Crippen LogP contribution in [0.3, 0.4) is 0 Å². The van der Waals surface area contributed by atoms with Crippen LogP contribution in [0.25, 0.3) is 0 Å². The van der Waals surface area contributed by atoms with Gasteiger partial charge >= 0.3 is 12.1 Å². The third-order valence-electron chi connectivity index (χ3n) is 10.9. The lowest BCUT2D eigenvalue weighted by Crippen LogP contribution is -2.60. The molecule has 3 saturated heterocycles. The summed E-state index contributed by atoms with van der Waals surface area (Å²) in [5.41, 5.74) is -2.14. The zero-order chi connectivity index (χ0) is 34.7. The van der Waals surface area contributed by atoms with E-state index in [1.54, 1.807) is 21.0 Å². The van der Waals surface area contributed by atoms with E-state index < -0.39 is 83.7 Å². The highest BCUT2D eigenvalue weighted by Crippen LogP contribution is 2.40. The van der Waals surface area contributed by atoms with E-state index in [0.29, 0.717) is 25.7 Å². The van der Waals surface area contributed by atoms with Gasteiger partial charge in [-0.05, 0) is 78.8 Å². The van der Waals surface area contributed by atoms with Crippen LogP contribution in [0, 0.1) is 23.7 Å². The fraction of sp³-hybridized carbons (Fsp3) is 0.912. The van der Waals surface area contributed by atoms with Gasteiger partial charge in [0.15, 0.2) is 17.7 Å². The standard InChI is InChI=1S/C34H60N2O10/c1-12-23(37)24-16-22(36(9)10)27(39)31(43-24)45-29-20(5)26(38)21(6)30(40)44-25(13-2)34(8)28(35-32(41)46-34)19(4)15-14-18(3)17-33(29,7)42-11/h18-25,27-29,31,37,39H,12-17H2,1-11H3,(H,35,41)/t18-,19-,20-,21?,22?,23?,24?,25+,27?,28+,29+,31-,33+,34+/m0/s1. The molecule has 0 spiro atoms. The van der Waals surface area contributed by atoms with Crippen molar-refractivity contribution in [3.8, 4) is 0 Å². The van der Waals surface area contributed by atoms with Crippen LogP contribution in [-0.2, 0) is 33.3 Å². The molecule has 0 aliphatic carbocycles. The van der Waals surface area contributed by atoms with Gasteiger partial charge in [-0.1, -0.05) is 41.0 Å². The third-order valence-corrected chi connectivity index (χ3v) is 10.9. The van der Waals surface area contributed by atoms with Crippen LogP contribution in [-0.4, -0.2) is 114 Å². The quantitative estimate of drug-likeness (QED) is 0.273. The maximum atomic E-state index is 14.1. The van der Waals surface area contributed by atoms with Crippen LogP contribution < -0.4 is 5.32 Å². The Morgan fingerprint density at radius 1 is 1.09 bits per heavy atom. The van der Waals surface area contributed by atoms with Crippen LogP contribution in [0.5, 0.6) is 0 Å². The Morgan fingerprint density at radius 2 is 1.74 bits per heavy atom. The van der Waals surface area contributed by atoms with Gasteiger partial charge in [-0.2, -0.15) is 0 Å². The average molecular weight is 657 g/mol. The number of carbonyl (C=O) groups excluding carboxylic acids is 3. The van der Waals surface area contributed by atoms with Crippen LogP contribution in [0.2, 0.25) is 0 Å². The van der Waals surface area contributed by atoms with Crippen LogP contribution in [0.1, 0.15) is 93.9 Å². The zero-order valence-corrected chi connectivity index (χ0v) is 29.8. The molecule has 3 heterocycles. The highest BCUT2D eigenvalue weighted by Gasteiger charge is 2.55. The van der Waals surface area contributed by atoms with Gasteiger partial charge in [-0.25, -0.2) is 4.79 Å². The smallest absolute Gasteiger partial charge is 0.408 e. The van der Waals surface area contributed by atoms with Crippen molar-refractivity contribution in [2.75, 3.05) is 21.2 Å². The van der Waals surface area contributed by atoms with E-state index in [2.05, 4.69) is 19.2 Å². The minimum Gasteiger partial charge on any atom is -0.458 e. The monoisotopic (exact) mass is 656 g/mol. The van der Waals surface area contributed by atoms with Crippen molar-refractivity contribution in [2.45, 2.75) is 154 Å². The predicted molar refractivity (Wildman–Crippen MR) is 171 cm³/mol. The Bertz CT molecular complexity index is 1060. The van der Waals surface area contributed by atoms with E-state index in [1.165, 1.54) is 6.92 Å². The van der Waals surface area contributed by atoms with Gasteiger partial charge in [0, 0.05) is 19.1 Å². The summed E-state index contributed by atoms with van der Waals surface area (Å²) in [5, 5.41) is 25.1. The first kappa shape index (κ1) is 38.6. The molecule has 266 valence electrons. The van der Waals surface area contributed by atoms with Crippen LogP contribution in [0.4, 0.5) is 4.79 Å². The second-order valence-corrected chi connectivity index (χ2v) is 14.7.